The molecule has 9 heteroatoms. The summed E-state index contributed by atoms with van der Waals surface area (Å²) in [7, 11) is -3.16. The van der Waals surface area contributed by atoms with Crippen molar-refractivity contribution >= 4 is 10.0 Å². The molecule has 0 bridgehead atoms. The average Bonchev–Trinajstić information content (AvgIpc) is 3.26. The van der Waals surface area contributed by atoms with Crippen molar-refractivity contribution in [2.45, 2.75) is 101 Å². The first-order valence-corrected chi connectivity index (χ1v) is 15.5. The van der Waals surface area contributed by atoms with E-state index in [-0.39, 0.29) is 6.04 Å². The van der Waals surface area contributed by atoms with E-state index in [4.69, 9.17) is 0 Å². The van der Waals surface area contributed by atoms with Gasteiger partial charge in [0.1, 0.15) is 0 Å². The van der Waals surface area contributed by atoms with E-state index in [2.05, 4.69) is 31.1 Å². The lowest BCUT2D eigenvalue weighted by Gasteiger charge is -2.52. The van der Waals surface area contributed by atoms with Gasteiger partial charge in [-0.1, -0.05) is 19.3 Å². The molecule has 0 radical (unpaired) electrons. The van der Waals surface area contributed by atoms with Gasteiger partial charge in [-0.05, 0) is 82.2 Å². The Labute approximate surface area is 200 Å². The predicted molar refractivity (Wildman–Crippen MR) is 132 cm³/mol. The van der Waals surface area contributed by atoms with Gasteiger partial charge in [-0.3, -0.25) is 16.1 Å². The lowest BCUT2D eigenvalue weighted by atomic mass is 9.72. The van der Waals surface area contributed by atoms with Gasteiger partial charge >= 0.3 is 0 Å². The van der Waals surface area contributed by atoms with Crippen molar-refractivity contribution in [3.05, 3.63) is 0 Å². The lowest BCUT2D eigenvalue weighted by molar-refractivity contribution is 0.0525. The molecule has 0 aromatic rings. The number of piperidine rings is 1. The molecule has 5 N–H and O–H groups in total. The molecular formula is C24H46N6O2S. The normalized spacial score (nSPS) is 41.7. The second kappa shape index (κ2) is 10.8. The number of nitrogens with one attached hydrogen (secondary N) is 5. The van der Waals surface area contributed by atoms with Crippen molar-refractivity contribution in [1.82, 2.24) is 31.1 Å². The summed E-state index contributed by atoms with van der Waals surface area (Å²) in [5.74, 6) is 2.00. The van der Waals surface area contributed by atoms with Crippen LogP contribution in [-0.2, 0) is 10.0 Å². The van der Waals surface area contributed by atoms with Gasteiger partial charge in [-0.2, -0.15) is 0 Å². The van der Waals surface area contributed by atoms with E-state index in [9.17, 15) is 8.42 Å². The number of fused-ring (bicyclic) bond motifs is 1. The molecule has 7 unspecified atom stereocenters. The van der Waals surface area contributed by atoms with Crippen LogP contribution in [0.4, 0.5) is 0 Å². The maximum atomic E-state index is 11.9. The molecule has 0 amide bonds. The fraction of sp³-hybridized carbons (Fsp3) is 1.00. The van der Waals surface area contributed by atoms with Gasteiger partial charge in [0, 0.05) is 37.3 Å². The number of hydrogen-bond acceptors (Lipinski definition) is 7. The highest BCUT2D eigenvalue weighted by atomic mass is 32.2. The molecular weight excluding hydrogens is 436 g/mol. The number of sulfonamides is 1. The molecule has 3 heterocycles. The highest BCUT2D eigenvalue weighted by Gasteiger charge is 2.47. The average molecular weight is 483 g/mol. The van der Waals surface area contributed by atoms with Crippen LogP contribution in [0.1, 0.15) is 70.6 Å². The minimum atomic E-state index is -3.16. The first-order valence-electron chi connectivity index (χ1n) is 13.7. The van der Waals surface area contributed by atoms with E-state index in [1.165, 1.54) is 64.2 Å². The molecule has 0 aromatic heterocycles. The lowest BCUT2D eigenvalue weighted by Crippen LogP contribution is -2.71. The van der Waals surface area contributed by atoms with E-state index in [1.807, 2.05) is 0 Å². The summed E-state index contributed by atoms with van der Waals surface area (Å²) >= 11 is 0. The Morgan fingerprint density at radius 3 is 2.55 bits per heavy atom. The molecule has 0 spiro atoms. The van der Waals surface area contributed by atoms with Crippen LogP contribution in [-0.4, -0.2) is 76.2 Å². The van der Waals surface area contributed by atoms with Crippen molar-refractivity contribution in [2.75, 3.05) is 32.4 Å². The minimum Gasteiger partial charge on any atom is -0.316 e. The van der Waals surface area contributed by atoms with Gasteiger partial charge in [-0.25, -0.2) is 18.1 Å². The molecule has 2 aliphatic carbocycles. The third-order valence-electron chi connectivity index (χ3n) is 9.00. The quantitative estimate of drug-likeness (QED) is 0.387. The maximum absolute atomic E-state index is 11.9. The predicted octanol–water partition coefficient (Wildman–Crippen LogP) is 1.12. The van der Waals surface area contributed by atoms with E-state index < -0.39 is 10.0 Å². The fourth-order valence-electron chi connectivity index (χ4n) is 7.44. The molecule has 190 valence electrons. The summed E-state index contributed by atoms with van der Waals surface area (Å²) in [6.45, 7) is 4.61. The maximum Gasteiger partial charge on any atom is 0.208 e. The van der Waals surface area contributed by atoms with E-state index >= 15 is 0 Å². The van der Waals surface area contributed by atoms with Crippen LogP contribution in [0.5, 0.6) is 0 Å². The Kier molecular flexibility index (Phi) is 7.96. The zero-order chi connectivity index (χ0) is 22.8. The van der Waals surface area contributed by atoms with Gasteiger partial charge in [-0.15, -0.1) is 0 Å². The van der Waals surface area contributed by atoms with E-state index in [0.717, 1.165) is 44.8 Å². The molecule has 0 aromatic carbocycles. The Morgan fingerprint density at radius 2 is 1.79 bits per heavy atom. The highest BCUT2D eigenvalue weighted by Crippen LogP contribution is 2.36. The number of hydrogen-bond donors (Lipinski definition) is 5. The zero-order valence-electron chi connectivity index (χ0n) is 20.4. The highest BCUT2D eigenvalue weighted by molar-refractivity contribution is 7.88. The van der Waals surface area contributed by atoms with Gasteiger partial charge in [0.05, 0.1) is 12.4 Å². The van der Waals surface area contributed by atoms with Crippen LogP contribution in [0, 0.1) is 17.8 Å². The topological polar surface area (TPSA) is 97.5 Å². The zero-order valence-corrected chi connectivity index (χ0v) is 21.2. The summed E-state index contributed by atoms with van der Waals surface area (Å²) in [5, 5.41) is 14.1. The number of hydrazine groups is 1. The molecule has 5 rings (SSSR count). The van der Waals surface area contributed by atoms with Crippen molar-refractivity contribution in [3.63, 3.8) is 0 Å². The van der Waals surface area contributed by atoms with Crippen molar-refractivity contribution in [1.29, 1.82) is 0 Å². The summed E-state index contributed by atoms with van der Waals surface area (Å²) in [6, 6.07) is 1.37. The fourth-order valence-corrected chi connectivity index (χ4v) is 8.26. The van der Waals surface area contributed by atoms with Crippen LogP contribution >= 0.6 is 0 Å². The molecule has 33 heavy (non-hydrogen) atoms. The second-order valence-corrected chi connectivity index (χ2v) is 13.4. The van der Waals surface area contributed by atoms with Crippen LogP contribution in [0.25, 0.3) is 0 Å². The monoisotopic (exact) mass is 482 g/mol. The molecule has 3 aliphatic heterocycles. The SMILES string of the molecule is CS(=O)(=O)NC1CCC2C(C1)NC(C1CCCCC1)NC2C1CCN(CC2CCCNC2)N1. The smallest absolute Gasteiger partial charge is 0.208 e. The molecule has 3 saturated heterocycles. The molecule has 2 saturated carbocycles. The van der Waals surface area contributed by atoms with Crippen LogP contribution in [0.2, 0.25) is 0 Å². The summed E-state index contributed by atoms with van der Waals surface area (Å²) in [5.41, 5.74) is 3.92. The van der Waals surface area contributed by atoms with Crippen LogP contribution in [0.15, 0.2) is 0 Å². The van der Waals surface area contributed by atoms with E-state index in [0.29, 0.717) is 36.1 Å². The Balaban J connectivity index is 1.25. The summed E-state index contributed by atoms with van der Waals surface area (Å²) < 4.78 is 26.7. The third kappa shape index (κ3) is 6.29. The molecule has 5 fully saturated rings. The first-order chi connectivity index (χ1) is 15.9. The van der Waals surface area contributed by atoms with Gasteiger partial charge in [0.25, 0.3) is 0 Å². The van der Waals surface area contributed by atoms with Gasteiger partial charge in [0.2, 0.25) is 10.0 Å². The largest absolute Gasteiger partial charge is 0.316 e. The standard InChI is InChI=1S/C24H46N6O2S/c1-33(31,32)29-19-9-10-20-22(14-19)26-24(18-7-3-2-4-8-18)27-23(20)21-11-13-30(28-21)16-17-6-5-12-25-15-17/h17-29H,2-16H2,1H3. The Bertz CT molecular complexity index is 739. The first kappa shape index (κ1) is 24.4. The molecule has 5 aliphatic rings. The van der Waals surface area contributed by atoms with Crippen LogP contribution < -0.4 is 26.1 Å². The van der Waals surface area contributed by atoms with E-state index in [1.54, 1.807) is 0 Å². The third-order valence-corrected chi connectivity index (χ3v) is 9.76. The summed E-state index contributed by atoms with van der Waals surface area (Å²) in [4.78, 5) is 0. The summed E-state index contributed by atoms with van der Waals surface area (Å²) in [6.07, 6.45) is 15.1. The van der Waals surface area contributed by atoms with Crippen molar-refractivity contribution in [3.8, 4) is 0 Å². The van der Waals surface area contributed by atoms with Gasteiger partial charge in [0.15, 0.2) is 0 Å². The number of nitrogens with zero attached hydrogens (tertiary/aromatic N) is 1. The number of rotatable bonds is 6. The molecule has 7 atom stereocenters. The van der Waals surface area contributed by atoms with Crippen molar-refractivity contribution in [2.24, 2.45) is 17.8 Å². The van der Waals surface area contributed by atoms with Crippen molar-refractivity contribution < 1.29 is 8.42 Å². The Morgan fingerprint density at radius 1 is 0.939 bits per heavy atom. The Hall–Kier alpha value is -0.290. The second-order valence-electron chi connectivity index (χ2n) is 11.6. The molecule has 8 nitrogen and oxygen atoms in total. The minimum absolute atomic E-state index is 0.0614. The van der Waals surface area contributed by atoms with Crippen LogP contribution in [0.3, 0.4) is 0 Å². The van der Waals surface area contributed by atoms with Gasteiger partial charge < -0.3 is 5.32 Å².